The summed E-state index contributed by atoms with van der Waals surface area (Å²) in [7, 11) is 0. The molecule has 8 atom stereocenters. The minimum absolute atomic E-state index is 0.0338. The fourth-order valence-corrected chi connectivity index (χ4v) is 6.88. The Morgan fingerprint density at radius 3 is 2.82 bits per heavy atom. The van der Waals surface area contributed by atoms with E-state index < -0.39 is 11.2 Å². The molecule has 0 radical (unpaired) electrons. The third-order valence-electron chi connectivity index (χ3n) is 7.89. The van der Waals surface area contributed by atoms with Gasteiger partial charge < -0.3 is 19.7 Å². The van der Waals surface area contributed by atoms with E-state index in [4.69, 9.17) is 9.47 Å². The standard InChI is InChI=1S/C17H24O5/c1-15-13-12(22-14(15)19)7-9-10(3-2-4-11(9)18)16(13)5-6-17(15,20)21-8-16/h9-13,18,20H,2-8H2,1H3/t9-,10+,11-,12+,13-,15+,16-,17-/m0/s1. The second-order valence-corrected chi connectivity index (χ2v) is 8.43. The summed E-state index contributed by atoms with van der Waals surface area (Å²) >= 11 is 0. The zero-order chi connectivity index (χ0) is 15.3. The van der Waals surface area contributed by atoms with E-state index in [1.165, 1.54) is 0 Å². The molecular weight excluding hydrogens is 284 g/mol. The molecule has 2 N–H and O–H groups in total. The van der Waals surface area contributed by atoms with Crippen molar-refractivity contribution >= 4 is 5.97 Å². The molecule has 5 nitrogen and oxygen atoms in total. The van der Waals surface area contributed by atoms with E-state index in [0.717, 1.165) is 32.1 Å². The van der Waals surface area contributed by atoms with E-state index in [0.29, 0.717) is 18.9 Å². The first-order valence-corrected chi connectivity index (χ1v) is 8.68. The molecule has 1 spiro atoms. The predicted octanol–water partition coefficient (Wildman–Crippen LogP) is 1.21. The van der Waals surface area contributed by atoms with Gasteiger partial charge in [-0.05, 0) is 44.4 Å². The fraction of sp³-hybridized carbons (Fsp3) is 0.941. The highest BCUT2D eigenvalue weighted by Gasteiger charge is 2.79. The number of carbonyl (C=O) groups is 1. The maximum Gasteiger partial charge on any atom is 0.318 e. The van der Waals surface area contributed by atoms with Gasteiger partial charge in [-0.3, -0.25) is 4.79 Å². The number of fused-ring (bicyclic) bond motifs is 3. The summed E-state index contributed by atoms with van der Waals surface area (Å²) in [5, 5.41) is 21.4. The molecule has 5 heteroatoms. The van der Waals surface area contributed by atoms with Crippen molar-refractivity contribution in [2.24, 2.45) is 28.6 Å². The highest BCUT2D eigenvalue weighted by atomic mass is 16.6. The van der Waals surface area contributed by atoms with Crippen LogP contribution in [0.25, 0.3) is 0 Å². The van der Waals surface area contributed by atoms with Gasteiger partial charge in [0.25, 0.3) is 0 Å². The molecule has 0 aromatic rings. The van der Waals surface area contributed by atoms with E-state index >= 15 is 0 Å². The van der Waals surface area contributed by atoms with Gasteiger partial charge in [-0.15, -0.1) is 0 Å². The van der Waals surface area contributed by atoms with Gasteiger partial charge in [0.2, 0.25) is 0 Å². The smallest absolute Gasteiger partial charge is 0.318 e. The first-order chi connectivity index (χ1) is 10.4. The topological polar surface area (TPSA) is 76.0 Å². The largest absolute Gasteiger partial charge is 0.461 e. The van der Waals surface area contributed by atoms with Crippen LogP contribution in [0.1, 0.15) is 45.4 Å². The lowest BCUT2D eigenvalue weighted by Gasteiger charge is -2.67. The van der Waals surface area contributed by atoms with Crippen molar-refractivity contribution in [3.05, 3.63) is 0 Å². The van der Waals surface area contributed by atoms with Crippen LogP contribution in [0.3, 0.4) is 0 Å². The first-order valence-electron chi connectivity index (χ1n) is 8.68. The second-order valence-electron chi connectivity index (χ2n) is 8.43. The van der Waals surface area contributed by atoms with Crippen LogP contribution >= 0.6 is 0 Å². The Morgan fingerprint density at radius 1 is 1.27 bits per heavy atom. The molecule has 0 aromatic heterocycles. The number of ether oxygens (including phenoxy) is 2. The molecule has 2 bridgehead atoms. The number of rotatable bonds is 0. The van der Waals surface area contributed by atoms with Crippen molar-refractivity contribution in [3.63, 3.8) is 0 Å². The number of aliphatic hydroxyl groups is 2. The van der Waals surface area contributed by atoms with Crippen molar-refractivity contribution in [1.29, 1.82) is 0 Å². The average molecular weight is 308 g/mol. The summed E-state index contributed by atoms with van der Waals surface area (Å²) in [4.78, 5) is 12.6. The van der Waals surface area contributed by atoms with Crippen LogP contribution in [0.4, 0.5) is 0 Å². The van der Waals surface area contributed by atoms with E-state index in [9.17, 15) is 15.0 Å². The molecule has 3 aliphatic heterocycles. The molecule has 6 rings (SSSR count). The second kappa shape index (κ2) is 3.87. The normalized spacial score (nSPS) is 62.3. The van der Waals surface area contributed by atoms with Crippen LogP contribution < -0.4 is 0 Å². The summed E-state index contributed by atoms with van der Waals surface area (Å²) in [6, 6.07) is 0. The Labute approximate surface area is 130 Å². The Hall–Kier alpha value is -0.650. The van der Waals surface area contributed by atoms with Crippen LogP contribution in [0.2, 0.25) is 0 Å². The number of esters is 1. The number of hydrogen-bond donors (Lipinski definition) is 2. The van der Waals surface area contributed by atoms with Crippen LogP contribution in [0, 0.1) is 28.6 Å². The Balaban J connectivity index is 1.68. The lowest BCUT2D eigenvalue weighted by atomic mass is 9.41. The van der Waals surface area contributed by atoms with E-state index in [-0.39, 0.29) is 35.4 Å². The van der Waals surface area contributed by atoms with Gasteiger partial charge in [0, 0.05) is 17.8 Å². The van der Waals surface area contributed by atoms with Gasteiger partial charge in [0.1, 0.15) is 11.5 Å². The molecular formula is C17H24O5. The van der Waals surface area contributed by atoms with Crippen molar-refractivity contribution in [1.82, 2.24) is 0 Å². The molecule has 3 heterocycles. The predicted molar refractivity (Wildman–Crippen MR) is 75.5 cm³/mol. The van der Waals surface area contributed by atoms with Crippen LogP contribution in [-0.4, -0.2) is 40.8 Å². The molecule has 0 unspecified atom stereocenters. The monoisotopic (exact) mass is 308 g/mol. The quantitative estimate of drug-likeness (QED) is 0.658. The lowest BCUT2D eigenvalue weighted by Crippen LogP contribution is -2.73. The number of carbonyl (C=O) groups excluding carboxylic acids is 1. The summed E-state index contributed by atoms with van der Waals surface area (Å²) in [5.74, 6) is -1.05. The first kappa shape index (κ1) is 13.8. The highest BCUT2D eigenvalue weighted by Crippen LogP contribution is 2.72. The summed E-state index contributed by atoms with van der Waals surface area (Å²) in [6.07, 6.45) is 4.66. The molecule has 0 aromatic carbocycles. The van der Waals surface area contributed by atoms with E-state index in [1.54, 1.807) is 0 Å². The third-order valence-corrected chi connectivity index (χ3v) is 7.89. The van der Waals surface area contributed by atoms with Crippen molar-refractivity contribution in [3.8, 4) is 0 Å². The minimum atomic E-state index is -1.37. The molecule has 3 aliphatic carbocycles. The number of aliphatic hydroxyl groups excluding tert-OH is 1. The van der Waals surface area contributed by atoms with Crippen molar-refractivity contribution in [2.45, 2.75) is 63.4 Å². The van der Waals surface area contributed by atoms with E-state index in [1.807, 2.05) is 6.92 Å². The Morgan fingerprint density at radius 2 is 2.09 bits per heavy atom. The highest BCUT2D eigenvalue weighted by molar-refractivity contribution is 5.81. The third kappa shape index (κ3) is 1.24. The van der Waals surface area contributed by atoms with Crippen molar-refractivity contribution in [2.75, 3.05) is 6.61 Å². The minimum Gasteiger partial charge on any atom is -0.461 e. The Kier molecular flexibility index (Phi) is 2.42. The molecule has 22 heavy (non-hydrogen) atoms. The Bertz CT molecular complexity index is 537. The SMILES string of the molecule is C[C@@]12C(=O)O[C@@H]3C[C@H]4[C@@H](CCC[C@@H]4O)[C@@]4(CC[C@]1(O)OC4)[C@@H]32. The molecule has 0 amide bonds. The van der Waals surface area contributed by atoms with E-state index in [2.05, 4.69) is 0 Å². The molecule has 3 saturated heterocycles. The van der Waals surface area contributed by atoms with Crippen molar-refractivity contribution < 1.29 is 24.5 Å². The van der Waals surface area contributed by atoms with Gasteiger partial charge >= 0.3 is 5.97 Å². The van der Waals surface area contributed by atoms with Gasteiger partial charge in [-0.2, -0.15) is 0 Å². The van der Waals surface area contributed by atoms with Crippen LogP contribution in [-0.2, 0) is 14.3 Å². The maximum atomic E-state index is 12.6. The van der Waals surface area contributed by atoms with Gasteiger partial charge in [-0.1, -0.05) is 6.42 Å². The maximum absolute atomic E-state index is 12.6. The lowest BCUT2D eigenvalue weighted by molar-refractivity contribution is -0.378. The van der Waals surface area contributed by atoms with Gasteiger partial charge in [0.15, 0.2) is 5.79 Å². The molecule has 122 valence electrons. The van der Waals surface area contributed by atoms with Crippen LogP contribution in [0.15, 0.2) is 0 Å². The summed E-state index contributed by atoms with van der Waals surface area (Å²) in [5.41, 5.74) is -1.05. The van der Waals surface area contributed by atoms with Gasteiger partial charge in [0.05, 0.1) is 12.7 Å². The van der Waals surface area contributed by atoms with Crippen LogP contribution in [0.5, 0.6) is 0 Å². The molecule has 6 aliphatic rings. The average Bonchev–Trinajstić information content (AvgIpc) is 2.77. The van der Waals surface area contributed by atoms with Gasteiger partial charge in [-0.25, -0.2) is 0 Å². The molecule has 3 saturated carbocycles. The fourth-order valence-electron chi connectivity index (χ4n) is 6.88. The zero-order valence-corrected chi connectivity index (χ0v) is 13.0. The number of hydrogen-bond acceptors (Lipinski definition) is 5. The molecule has 6 fully saturated rings. The summed E-state index contributed by atoms with van der Waals surface area (Å²) < 4.78 is 11.6. The summed E-state index contributed by atoms with van der Waals surface area (Å²) in [6.45, 7) is 2.34. The zero-order valence-electron chi connectivity index (χ0n) is 13.0.